The molecular formula is C25H22N4O5S. The van der Waals surface area contributed by atoms with Crippen LogP contribution in [0, 0.1) is 6.92 Å². The predicted octanol–water partition coefficient (Wildman–Crippen LogP) is 3.27. The highest BCUT2D eigenvalue weighted by molar-refractivity contribution is 7.18. The Bertz CT molecular complexity index is 1420. The summed E-state index contributed by atoms with van der Waals surface area (Å²) in [4.78, 5) is 30.1. The maximum Gasteiger partial charge on any atom is 0.266 e. The number of hydrogen-bond donors (Lipinski definition) is 1. The van der Waals surface area contributed by atoms with Crippen molar-refractivity contribution in [3.8, 4) is 38.4 Å². The van der Waals surface area contributed by atoms with Gasteiger partial charge in [-0.05, 0) is 25.1 Å². The van der Waals surface area contributed by atoms with Crippen LogP contribution in [0.4, 0.5) is 0 Å². The fraction of sp³-hybridized carbons (Fsp3) is 0.200. The van der Waals surface area contributed by atoms with E-state index in [1.54, 1.807) is 24.3 Å². The SMILES string of the molecule is Cc1nc(-c2ccccc2)sc1-c1ccc(=O)n(CCNC(=O)COc2ccc3c(c2)OCO3)n1. The molecule has 0 spiro atoms. The molecule has 2 aromatic carbocycles. The zero-order valence-corrected chi connectivity index (χ0v) is 19.7. The fourth-order valence-electron chi connectivity index (χ4n) is 3.54. The van der Waals surface area contributed by atoms with Crippen LogP contribution in [0.25, 0.3) is 21.1 Å². The Kier molecular flexibility index (Phi) is 6.44. The van der Waals surface area contributed by atoms with Crippen LogP contribution in [-0.4, -0.2) is 40.6 Å². The van der Waals surface area contributed by atoms with E-state index >= 15 is 0 Å². The van der Waals surface area contributed by atoms with Crippen LogP contribution >= 0.6 is 11.3 Å². The van der Waals surface area contributed by atoms with Gasteiger partial charge in [-0.15, -0.1) is 11.3 Å². The van der Waals surface area contributed by atoms with Crippen molar-refractivity contribution < 1.29 is 19.0 Å². The van der Waals surface area contributed by atoms with Crippen LogP contribution in [0.5, 0.6) is 17.2 Å². The topological polar surface area (TPSA) is 105 Å². The Hall–Kier alpha value is -4.18. The number of aryl methyl sites for hydroxylation is 1. The van der Waals surface area contributed by atoms with Crippen molar-refractivity contribution in [2.24, 2.45) is 0 Å². The van der Waals surface area contributed by atoms with Gasteiger partial charge in [-0.1, -0.05) is 30.3 Å². The van der Waals surface area contributed by atoms with Crippen LogP contribution in [-0.2, 0) is 11.3 Å². The number of fused-ring (bicyclic) bond motifs is 1. The summed E-state index contributed by atoms with van der Waals surface area (Å²) in [6.07, 6.45) is 0. The minimum atomic E-state index is -0.308. The second kappa shape index (κ2) is 9.98. The number of carbonyl (C=O) groups excluding carboxylic acids is 1. The largest absolute Gasteiger partial charge is 0.484 e. The number of benzene rings is 2. The molecule has 9 nitrogen and oxygen atoms in total. The number of aromatic nitrogens is 3. The molecule has 178 valence electrons. The predicted molar refractivity (Wildman–Crippen MR) is 131 cm³/mol. The molecule has 0 radical (unpaired) electrons. The minimum Gasteiger partial charge on any atom is -0.484 e. The van der Waals surface area contributed by atoms with E-state index in [0.29, 0.717) is 22.9 Å². The van der Waals surface area contributed by atoms with Gasteiger partial charge in [0.15, 0.2) is 18.1 Å². The first-order valence-electron chi connectivity index (χ1n) is 11.0. The summed E-state index contributed by atoms with van der Waals surface area (Å²) in [5.41, 5.74) is 2.30. The highest BCUT2D eigenvalue weighted by Crippen LogP contribution is 2.35. The molecule has 3 heterocycles. The molecule has 1 aliphatic rings. The van der Waals surface area contributed by atoms with E-state index in [1.165, 1.54) is 22.1 Å². The summed E-state index contributed by atoms with van der Waals surface area (Å²) in [5, 5.41) is 8.14. The van der Waals surface area contributed by atoms with Gasteiger partial charge >= 0.3 is 0 Å². The summed E-state index contributed by atoms with van der Waals surface area (Å²) < 4.78 is 17.4. The molecule has 1 aliphatic heterocycles. The van der Waals surface area contributed by atoms with Crippen molar-refractivity contribution in [2.75, 3.05) is 19.9 Å². The first-order chi connectivity index (χ1) is 17.1. The van der Waals surface area contributed by atoms with Crippen LogP contribution in [0.1, 0.15) is 5.69 Å². The molecule has 0 unspecified atom stereocenters. The van der Waals surface area contributed by atoms with Crippen molar-refractivity contribution in [3.63, 3.8) is 0 Å². The molecule has 0 atom stereocenters. The smallest absolute Gasteiger partial charge is 0.266 e. The minimum absolute atomic E-state index is 0.162. The molecule has 1 amide bonds. The number of carbonyl (C=O) groups is 1. The summed E-state index contributed by atoms with van der Waals surface area (Å²) in [6.45, 7) is 2.40. The van der Waals surface area contributed by atoms with E-state index < -0.39 is 0 Å². The van der Waals surface area contributed by atoms with Gasteiger partial charge in [0.25, 0.3) is 11.5 Å². The lowest BCUT2D eigenvalue weighted by atomic mass is 10.2. The average Bonchev–Trinajstić information content (AvgIpc) is 3.50. The van der Waals surface area contributed by atoms with E-state index in [2.05, 4.69) is 15.4 Å². The lowest BCUT2D eigenvalue weighted by molar-refractivity contribution is -0.123. The maximum atomic E-state index is 12.3. The Labute approximate surface area is 204 Å². The number of rotatable bonds is 8. The third-order valence-corrected chi connectivity index (χ3v) is 6.51. The van der Waals surface area contributed by atoms with Gasteiger partial charge in [0, 0.05) is 24.2 Å². The second-order valence-corrected chi connectivity index (χ2v) is 8.73. The monoisotopic (exact) mass is 490 g/mol. The van der Waals surface area contributed by atoms with Crippen LogP contribution < -0.4 is 25.1 Å². The Balaban J connectivity index is 1.19. The molecule has 0 fully saturated rings. The Morgan fingerprint density at radius 2 is 1.94 bits per heavy atom. The highest BCUT2D eigenvalue weighted by Gasteiger charge is 2.15. The van der Waals surface area contributed by atoms with Gasteiger partial charge in [0.2, 0.25) is 6.79 Å². The van der Waals surface area contributed by atoms with Gasteiger partial charge in [0.1, 0.15) is 16.5 Å². The molecule has 4 aromatic rings. The maximum absolute atomic E-state index is 12.3. The lowest BCUT2D eigenvalue weighted by Gasteiger charge is -2.09. The third kappa shape index (κ3) is 5.17. The molecule has 1 N–H and O–H groups in total. The normalized spacial score (nSPS) is 11.9. The Morgan fingerprint density at radius 3 is 2.80 bits per heavy atom. The van der Waals surface area contributed by atoms with Crippen LogP contribution in [0.2, 0.25) is 0 Å². The van der Waals surface area contributed by atoms with E-state index in [1.807, 2.05) is 37.3 Å². The molecule has 0 aliphatic carbocycles. The zero-order chi connectivity index (χ0) is 24.2. The van der Waals surface area contributed by atoms with Gasteiger partial charge in [-0.3, -0.25) is 9.59 Å². The van der Waals surface area contributed by atoms with E-state index in [4.69, 9.17) is 14.2 Å². The standard InChI is InChI=1S/C25H22N4O5S/c1-16-24(35-25(27-16)17-5-3-2-4-6-17)19-8-10-23(31)29(28-19)12-11-26-22(30)14-32-18-7-9-20-21(13-18)34-15-33-20/h2-10,13H,11-12,14-15H2,1H3,(H,26,30). The van der Waals surface area contributed by atoms with Gasteiger partial charge in [-0.25, -0.2) is 9.67 Å². The number of amides is 1. The van der Waals surface area contributed by atoms with Gasteiger partial charge in [0.05, 0.1) is 17.1 Å². The summed E-state index contributed by atoms with van der Waals surface area (Å²) in [7, 11) is 0. The number of ether oxygens (including phenoxy) is 3. The van der Waals surface area contributed by atoms with Crippen molar-refractivity contribution in [1.82, 2.24) is 20.1 Å². The zero-order valence-electron chi connectivity index (χ0n) is 18.9. The lowest BCUT2D eigenvalue weighted by Crippen LogP contribution is -2.34. The third-order valence-electron chi connectivity index (χ3n) is 5.28. The second-order valence-electron chi connectivity index (χ2n) is 7.73. The molecule has 35 heavy (non-hydrogen) atoms. The van der Waals surface area contributed by atoms with Crippen LogP contribution in [0.15, 0.2) is 65.5 Å². The van der Waals surface area contributed by atoms with E-state index in [-0.39, 0.29) is 38.0 Å². The summed E-state index contributed by atoms with van der Waals surface area (Å²) in [6, 6.07) is 18.2. The molecule has 0 saturated heterocycles. The molecule has 5 rings (SSSR count). The van der Waals surface area contributed by atoms with Crippen LogP contribution in [0.3, 0.4) is 0 Å². The quantitative estimate of drug-likeness (QED) is 0.404. The molecule has 2 aromatic heterocycles. The average molecular weight is 491 g/mol. The fourth-order valence-corrected chi connectivity index (χ4v) is 4.57. The van der Waals surface area contributed by atoms with Crippen molar-refractivity contribution >= 4 is 17.2 Å². The van der Waals surface area contributed by atoms with Gasteiger partial charge < -0.3 is 19.5 Å². The number of nitrogens with one attached hydrogen (secondary N) is 1. The van der Waals surface area contributed by atoms with Crippen molar-refractivity contribution in [3.05, 3.63) is 76.7 Å². The number of nitrogens with zero attached hydrogens (tertiary/aromatic N) is 3. The molecule has 10 heteroatoms. The van der Waals surface area contributed by atoms with Gasteiger partial charge in [-0.2, -0.15) is 5.10 Å². The van der Waals surface area contributed by atoms with E-state index in [9.17, 15) is 9.59 Å². The first kappa shape index (κ1) is 22.6. The number of hydrogen-bond acceptors (Lipinski definition) is 8. The summed E-state index contributed by atoms with van der Waals surface area (Å²) >= 11 is 1.53. The number of thiazole rings is 1. The first-order valence-corrected chi connectivity index (χ1v) is 11.8. The Morgan fingerprint density at radius 1 is 1.11 bits per heavy atom. The summed E-state index contributed by atoms with van der Waals surface area (Å²) in [5.74, 6) is 1.43. The van der Waals surface area contributed by atoms with Crippen molar-refractivity contribution in [1.29, 1.82) is 0 Å². The highest BCUT2D eigenvalue weighted by atomic mass is 32.1. The van der Waals surface area contributed by atoms with Crippen molar-refractivity contribution in [2.45, 2.75) is 13.5 Å². The molecular weight excluding hydrogens is 468 g/mol. The van der Waals surface area contributed by atoms with E-state index in [0.717, 1.165) is 21.1 Å². The molecule has 0 bridgehead atoms. The molecule has 0 saturated carbocycles.